The van der Waals surface area contributed by atoms with E-state index < -0.39 is 149 Å². The Balaban J connectivity index is -0.000000269. The molecule has 0 rings (SSSR count). The number of hydrogen-bond acceptors (Lipinski definition) is 24. The molecule has 0 saturated carbocycles. The summed E-state index contributed by atoms with van der Waals surface area (Å²) in [5, 5.41) is 172. The third kappa shape index (κ3) is 21.1. The number of Topliss-reactive ketones (excluding diaryl/α,β-unsaturated/α-hetero) is 4. The molecular weight excluding hydrogens is 672 g/mol. The molecule has 0 aromatic carbocycles. The van der Waals surface area contributed by atoms with Gasteiger partial charge in [-0.2, -0.15) is 0 Å². The van der Waals surface area contributed by atoms with E-state index in [0.29, 0.717) is 0 Å². The largest absolute Gasteiger partial charge is 0.394 e. The van der Waals surface area contributed by atoms with Crippen molar-refractivity contribution < 1.29 is 121 Å². The molecule has 0 fully saturated rings. The molecule has 0 bridgehead atoms. The fourth-order valence-electron chi connectivity index (χ4n) is 2.41. The topological polar surface area (TPSA) is 473 Å². The molecule has 0 amide bonds. The monoisotopic (exact) mass is 720 g/mol. The third-order valence-corrected chi connectivity index (χ3v) is 5.56. The minimum Gasteiger partial charge on any atom is -0.394 e. The maximum atomic E-state index is 10.5. The molecule has 20 N–H and O–H groups in total. The molecule has 0 saturated heterocycles. The van der Waals surface area contributed by atoms with Gasteiger partial charge in [0.1, 0.15) is 99.7 Å². The first-order valence-corrected chi connectivity index (χ1v) is 13.3. The van der Waals surface area contributed by atoms with Crippen LogP contribution in [0.5, 0.6) is 0 Å². The molecule has 12 unspecified atom stereocenters. The van der Waals surface area contributed by atoms with Crippen molar-refractivity contribution >= 4 is 23.1 Å². The van der Waals surface area contributed by atoms with Gasteiger partial charge in [-0.05, 0) is 0 Å². The number of aliphatic hydroxyl groups is 20. The van der Waals surface area contributed by atoms with Crippen LogP contribution in [0.4, 0.5) is 0 Å². The van der Waals surface area contributed by atoms with Gasteiger partial charge in [-0.15, -0.1) is 0 Å². The highest BCUT2D eigenvalue weighted by molar-refractivity contribution is 5.85. The van der Waals surface area contributed by atoms with Gasteiger partial charge >= 0.3 is 0 Å². The molecule has 48 heavy (non-hydrogen) atoms. The molecule has 0 aliphatic carbocycles. The standard InChI is InChI=1S/4C6H12O6/c4*7-1-3(9)5(11)6(12)4(10)2-8/h4*3,5-9,11-12H,1-2H2. The summed E-state index contributed by atoms with van der Waals surface area (Å²) >= 11 is 0. The fraction of sp³-hybridized carbons (Fsp3) is 0.833. The number of carbonyl (C=O) groups excluding carboxylic acids is 4. The quantitative estimate of drug-likeness (QED) is 0.0555. The van der Waals surface area contributed by atoms with Crippen LogP contribution in [-0.4, -0.2) is 251 Å². The van der Waals surface area contributed by atoms with E-state index in [0.717, 1.165) is 0 Å². The van der Waals surface area contributed by atoms with Gasteiger partial charge in [0, 0.05) is 0 Å². The van der Waals surface area contributed by atoms with Gasteiger partial charge in [0.05, 0.1) is 26.4 Å². The summed E-state index contributed by atoms with van der Waals surface area (Å²) in [5.41, 5.74) is 0. The maximum absolute atomic E-state index is 10.5. The lowest BCUT2D eigenvalue weighted by molar-refractivity contribution is -0.143. The van der Waals surface area contributed by atoms with Gasteiger partial charge < -0.3 is 102 Å². The number of aliphatic hydroxyl groups excluding tert-OH is 20. The average molecular weight is 721 g/mol. The van der Waals surface area contributed by atoms with Crippen LogP contribution < -0.4 is 0 Å². The van der Waals surface area contributed by atoms with Crippen molar-refractivity contribution in [1.82, 2.24) is 0 Å². The average Bonchev–Trinajstić information content (AvgIpc) is 3.12. The second kappa shape index (κ2) is 29.8. The lowest BCUT2D eigenvalue weighted by Gasteiger charge is -2.19. The first-order chi connectivity index (χ1) is 22.2. The van der Waals surface area contributed by atoms with E-state index in [9.17, 15) is 19.2 Å². The van der Waals surface area contributed by atoms with Crippen LogP contribution in [0.2, 0.25) is 0 Å². The molecule has 24 heteroatoms. The molecule has 0 aromatic heterocycles. The van der Waals surface area contributed by atoms with Crippen LogP contribution in [0, 0.1) is 0 Å². The smallest absolute Gasteiger partial charge is 0.189 e. The molecule has 0 heterocycles. The SMILES string of the molecule is O=C(CO)C(O)C(O)C(O)CO.O=C(CO)C(O)C(O)C(O)CO.O=C(CO)C(O)C(O)C(O)CO.O=C(CO)C(O)C(O)C(O)CO. The van der Waals surface area contributed by atoms with Crippen molar-refractivity contribution in [2.24, 2.45) is 0 Å². The summed E-state index contributed by atoms with van der Waals surface area (Å²) in [6.45, 7) is -6.75. The highest BCUT2D eigenvalue weighted by Gasteiger charge is 2.31. The van der Waals surface area contributed by atoms with E-state index in [1.165, 1.54) is 0 Å². The van der Waals surface area contributed by atoms with Crippen molar-refractivity contribution in [2.75, 3.05) is 52.9 Å². The highest BCUT2D eigenvalue weighted by Crippen LogP contribution is 2.03. The van der Waals surface area contributed by atoms with Gasteiger partial charge in [-0.3, -0.25) is 19.2 Å². The van der Waals surface area contributed by atoms with Crippen molar-refractivity contribution in [2.45, 2.75) is 73.2 Å². The second-order valence-corrected chi connectivity index (χ2v) is 9.24. The summed E-state index contributed by atoms with van der Waals surface area (Å²) in [6, 6.07) is 0. The number of carbonyl (C=O) groups is 4. The zero-order valence-corrected chi connectivity index (χ0v) is 25.2. The highest BCUT2D eigenvalue weighted by atomic mass is 16.4. The van der Waals surface area contributed by atoms with Crippen LogP contribution in [0.15, 0.2) is 0 Å². The van der Waals surface area contributed by atoms with E-state index in [2.05, 4.69) is 0 Å². The van der Waals surface area contributed by atoms with Gasteiger partial charge in [0.25, 0.3) is 0 Å². The zero-order chi connectivity index (χ0) is 38.9. The van der Waals surface area contributed by atoms with Gasteiger partial charge in [-0.1, -0.05) is 0 Å². The first-order valence-electron chi connectivity index (χ1n) is 13.3. The molecule has 0 spiro atoms. The van der Waals surface area contributed by atoms with Crippen molar-refractivity contribution in [3.63, 3.8) is 0 Å². The Hall–Kier alpha value is -2.12. The summed E-state index contributed by atoms with van der Waals surface area (Å²) in [6.07, 6.45) is -20.9. The predicted octanol–water partition coefficient (Wildman–Crippen LogP) is -13.5. The second-order valence-electron chi connectivity index (χ2n) is 9.24. The van der Waals surface area contributed by atoms with Crippen molar-refractivity contribution in [1.29, 1.82) is 0 Å². The first kappa shape index (κ1) is 52.7. The van der Waals surface area contributed by atoms with Gasteiger partial charge in [0.2, 0.25) is 0 Å². The molecule has 12 atom stereocenters. The number of ketones is 4. The van der Waals surface area contributed by atoms with Crippen molar-refractivity contribution in [3.8, 4) is 0 Å². The normalized spacial score (nSPS) is 18.4. The lowest BCUT2D eigenvalue weighted by atomic mass is 10.1. The van der Waals surface area contributed by atoms with E-state index in [1.54, 1.807) is 0 Å². The third-order valence-electron chi connectivity index (χ3n) is 5.56. The fourth-order valence-corrected chi connectivity index (χ4v) is 2.41. The van der Waals surface area contributed by atoms with Crippen LogP contribution in [0.3, 0.4) is 0 Å². The Morgan fingerprint density at radius 1 is 0.292 bits per heavy atom. The van der Waals surface area contributed by atoms with E-state index in [4.69, 9.17) is 102 Å². The minimum absolute atomic E-state index is 0.767. The Morgan fingerprint density at radius 2 is 0.417 bits per heavy atom. The van der Waals surface area contributed by atoms with E-state index in [-0.39, 0.29) is 0 Å². The van der Waals surface area contributed by atoms with Crippen LogP contribution in [-0.2, 0) is 19.2 Å². The van der Waals surface area contributed by atoms with Crippen LogP contribution in [0.25, 0.3) is 0 Å². The molecule has 0 aliphatic rings. The molecule has 0 radical (unpaired) electrons. The molecule has 0 aliphatic heterocycles. The number of rotatable bonds is 20. The lowest BCUT2D eigenvalue weighted by Crippen LogP contribution is -2.44. The predicted molar refractivity (Wildman–Crippen MR) is 149 cm³/mol. The molecule has 0 aromatic rings. The van der Waals surface area contributed by atoms with E-state index in [1.807, 2.05) is 0 Å². The van der Waals surface area contributed by atoms with Crippen LogP contribution >= 0.6 is 0 Å². The summed E-state index contributed by atoms with van der Waals surface area (Å²) < 4.78 is 0. The van der Waals surface area contributed by atoms with Crippen molar-refractivity contribution in [3.05, 3.63) is 0 Å². The van der Waals surface area contributed by atoms with Gasteiger partial charge in [0.15, 0.2) is 23.1 Å². The summed E-state index contributed by atoms with van der Waals surface area (Å²) in [7, 11) is 0. The Morgan fingerprint density at radius 3 is 0.500 bits per heavy atom. The minimum atomic E-state index is -1.86. The summed E-state index contributed by atoms with van der Waals surface area (Å²) in [5.74, 6) is -4.02. The zero-order valence-electron chi connectivity index (χ0n) is 25.2. The summed E-state index contributed by atoms with van der Waals surface area (Å²) in [4.78, 5) is 42.1. The van der Waals surface area contributed by atoms with E-state index >= 15 is 0 Å². The molecular formula is C24H48O24. The van der Waals surface area contributed by atoms with Crippen LogP contribution in [0.1, 0.15) is 0 Å². The van der Waals surface area contributed by atoms with Gasteiger partial charge in [-0.25, -0.2) is 0 Å². The Kier molecular flexibility index (Phi) is 32.7. The molecule has 288 valence electrons. The maximum Gasteiger partial charge on any atom is 0.189 e. The number of hydrogen-bond donors (Lipinski definition) is 20. The molecule has 24 nitrogen and oxygen atoms in total. The Bertz CT molecular complexity index is 724. The Labute approximate surface area is 271 Å².